The van der Waals surface area contributed by atoms with Gasteiger partial charge in [0.05, 0.1) is 22.8 Å². The molecule has 5 nitrogen and oxygen atoms in total. The zero-order chi connectivity index (χ0) is 32.7. The smallest absolute Gasteiger partial charge is 0.0737 e. The normalized spacial score (nSPS) is 12.0. The van der Waals surface area contributed by atoms with E-state index >= 15 is 0 Å². The SMILES string of the molecule is Nc1ccc(-c2cccc(-c3c4nc(cc5ccc([nH]5)c(-c5ccccc5)c5nc(c(-c6ccccc6)c6ccc3[nH]6)C=C5)C=C4)c2)cc1. The van der Waals surface area contributed by atoms with Gasteiger partial charge < -0.3 is 15.7 Å². The molecule has 5 heteroatoms. The summed E-state index contributed by atoms with van der Waals surface area (Å²) in [5.74, 6) is 0. The van der Waals surface area contributed by atoms with Gasteiger partial charge in [0.1, 0.15) is 0 Å². The van der Waals surface area contributed by atoms with Gasteiger partial charge in [-0.15, -0.1) is 0 Å². The van der Waals surface area contributed by atoms with Gasteiger partial charge >= 0.3 is 0 Å². The molecule has 0 amide bonds. The van der Waals surface area contributed by atoms with E-state index in [0.29, 0.717) is 0 Å². The third kappa shape index (κ3) is 5.33. The largest absolute Gasteiger partial charge is 0.399 e. The monoisotopic (exact) mass is 629 g/mol. The summed E-state index contributed by atoms with van der Waals surface area (Å²) >= 11 is 0. The van der Waals surface area contributed by atoms with Crippen LogP contribution in [0.5, 0.6) is 0 Å². The van der Waals surface area contributed by atoms with E-state index in [1.165, 1.54) is 0 Å². The van der Waals surface area contributed by atoms with Gasteiger partial charge in [-0.05, 0) is 101 Å². The number of H-pyrrole nitrogens is 2. The van der Waals surface area contributed by atoms with Crippen LogP contribution in [-0.2, 0) is 0 Å². The first-order valence-electron chi connectivity index (χ1n) is 16.4. The highest BCUT2D eigenvalue weighted by molar-refractivity contribution is 5.97. The number of nitrogens with one attached hydrogen (secondary N) is 2. The summed E-state index contributed by atoms with van der Waals surface area (Å²) in [5, 5.41) is 0. The molecule has 0 saturated carbocycles. The van der Waals surface area contributed by atoms with Crippen LogP contribution in [-0.4, -0.2) is 19.9 Å². The van der Waals surface area contributed by atoms with E-state index in [2.05, 4.69) is 150 Å². The van der Waals surface area contributed by atoms with Crippen molar-refractivity contribution in [2.24, 2.45) is 0 Å². The molecular weight excluding hydrogens is 599 g/mol. The fourth-order valence-electron chi connectivity index (χ4n) is 6.79. The lowest BCUT2D eigenvalue weighted by Gasteiger charge is -2.08. The van der Waals surface area contributed by atoms with Gasteiger partial charge in [0.25, 0.3) is 0 Å². The van der Waals surface area contributed by atoms with Gasteiger partial charge in [0, 0.05) is 44.4 Å². The van der Waals surface area contributed by atoms with Crippen molar-refractivity contribution in [1.82, 2.24) is 19.9 Å². The van der Waals surface area contributed by atoms with Crippen molar-refractivity contribution in [2.45, 2.75) is 0 Å². The Morgan fingerprint density at radius 3 is 1.59 bits per heavy atom. The minimum atomic E-state index is 0.746. The summed E-state index contributed by atoms with van der Waals surface area (Å²) < 4.78 is 0. The van der Waals surface area contributed by atoms with E-state index in [4.69, 9.17) is 15.7 Å². The Kier molecular flexibility index (Phi) is 6.87. The second-order valence-electron chi connectivity index (χ2n) is 12.3. The average molecular weight is 630 g/mol. The molecule has 0 spiro atoms. The first-order chi connectivity index (χ1) is 24.2. The zero-order valence-corrected chi connectivity index (χ0v) is 26.6. The van der Waals surface area contributed by atoms with E-state index in [-0.39, 0.29) is 0 Å². The molecule has 7 aromatic rings. The Morgan fingerprint density at radius 1 is 0.388 bits per heavy atom. The topological polar surface area (TPSA) is 83.4 Å². The van der Waals surface area contributed by atoms with Gasteiger partial charge in [-0.3, -0.25) is 0 Å². The summed E-state index contributed by atoms with van der Waals surface area (Å²) in [4.78, 5) is 17.9. The molecule has 2 aliphatic heterocycles. The van der Waals surface area contributed by atoms with Crippen LogP contribution in [0, 0.1) is 0 Å². The number of nitrogens with zero attached hydrogens (tertiary/aromatic N) is 2. The maximum atomic E-state index is 6.00. The predicted octanol–water partition coefficient (Wildman–Crippen LogP) is 10.9. The van der Waals surface area contributed by atoms with Crippen LogP contribution in [0.3, 0.4) is 0 Å². The number of rotatable bonds is 4. The Hall–Kier alpha value is -6.72. The number of benzene rings is 4. The quantitative estimate of drug-likeness (QED) is 0.169. The third-order valence-electron chi connectivity index (χ3n) is 9.10. The number of hydrogen-bond acceptors (Lipinski definition) is 3. The Balaban J connectivity index is 1.38. The number of nitrogens with two attached hydrogens (primary N) is 1. The number of fused-ring (bicyclic) bond motifs is 8. The molecule has 4 N–H and O–H groups in total. The molecule has 0 radical (unpaired) electrons. The lowest BCUT2D eigenvalue weighted by Crippen LogP contribution is -1.89. The Bertz CT molecular complexity index is 2590. The molecule has 5 heterocycles. The molecule has 49 heavy (non-hydrogen) atoms. The molecule has 2 aliphatic rings. The highest BCUT2D eigenvalue weighted by Gasteiger charge is 2.17. The van der Waals surface area contributed by atoms with Crippen molar-refractivity contribution >= 4 is 52.1 Å². The van der Waals surface area contributed by atoms with Crippen LogP contribution >= 0.6 is 0 Å². The van der Waals surface area contributed by atoms with Crippen LogP contribution in [0.2, 0.25) is 0 Å². The second kappa shape index (κ2) is 11.8. The lowest BCUT2D eigenvalue weighted by atomic mass is 9.98. The minimum absolute atomic E-state index is 0.746. The Morgan fingerprint density at radius 2 is 0.918 bits per heavy atom. The summed E-state index contributed by atoms with van der Waals surface area (Å²) in [6.45, 7) is 0. The van der Waals surface area contributed by atoms with Crippen LogP contribution in [0.25, 0.3) is 90.9 Å². The molecule has 0 saturated heterocycles. The van der Waals surface area contributed by atoms with Crippen LogP contribution in [0.4, 0.5) is 5.69 Å². The summed E-state index contributed by atoms with van der Waals surface area (Å²) in [6.07, 6.45) is 8.43. The fraction of sp³-hybridized carbons (Fsp3) is 0. The molecule has 0 unspecified atom stereocenters. The molecule has 3 aromatic heterocycles. The average Bonchev–Trinajstić information content (AvgIpc) is 3.97. The number of anilines is 1. The summed E-state index contributed by atoms with van der Waals surface area (Å²) in [5.41, 5.74) is 22.8. The van der Waals surface area contributed by atoms with E-state index in [1.54, 1.807) is 0 Å². The van der Waals surface area contributed by atoms with Crippen molar-refractivity contribution in [3.05, 3.63) is 162 Å². The lowest BCUT2D eigenvalue weighted by molar-refractivity contribution is 1.31. The maximum Gasteiger partial charge on any atom is 0.0737 e. The number of aromatic amines is 2. The molecule has 4 aromatic carbocycles. The standard InChI is InChI=1S/C44H31N5/c45-33-16-14-28(15-17-33)31-12-7-13-32(26-31)44-37-21-19-35(47-37)27-34-18-20-36(46-34)42(29-8-3-1-4-9-29)38-22-23-39(48-38)43(30-10-5-2-6-11-30)40-24-25-41(44)49-40/h1-27,46,49H,45H2. The van der Waals surface area contributed by atoms with Crippen LogP contribution in [0.1, 0.15) is 22.8 Å². The van der Waals surface area contributed by atoms with Gasteiger partial charge in [0.2, 0.25) is 0 Å². The molecule has 0 aliphatic carbocycles. The second-order valence-corrected chi connectivity index (χ2v) is 12.3. The maximum absolute atomic E-state index is 6.00. The molecule has 8 bridgehead atoms. The van der Waals surface area contributed by atoms with Crippen molar-refractivity contribution in [1.29, 1.82) is 0 Å². The van der Waals surface area contributed by atoms with Gasteiger partial charge in [0.15, 0.2) is 0 Å². The predicted molar refractivity (Wildman–Crippen MR) is 205 cm³/mol. The van der Waals surface area contributed by atoms with Crippen molar-refractivity contribution in [3.63, 3.8) is 0 Å². The fourth-order valence-corrected chi connectivity index (χ4v) is 6.79. The van der Waals surface area contributed by atoms with Gasteiger partial charge in [-0.2, -0.15) is 0 Å². The summed E-state index contributed by atoms with van der Waals surface area (Å²) in [7, 11) is 0. The minimum Gasteiger partial charge on any atom is -0.399 e. The molecule has 232 valence electrons. The van der Waals surface area contributed by atoms with Crippen molar-refractivity contribution in [2.75, 3.05) is 5.73 Å². The zero-order valence-electron chi connectivity index (χ0n) is 26.6. The molecule has 0 fully saturated rings. The highest BCUT2D eigenvalue weighted by Crippen LogP contribution is 2.37. The van der Waals surface area contributed by atoms with Crippen molar-refractivity contribution < 1.29 is 0 Å². The Labute approximate surface area is 283 Å². The molecule has 0 atom stereocenters. The third-order valence-corrected chi connectivity index (χ3v) is 9.10. The number of hydrogen-bond donors (Lipinski definition) is 3. The molecular formula is C44H31N5. The first-order valence-corrected chi connectivity index (χ1v) is 16.4. The van der Waals surface area contributed by atoms with E-state index < -0.39 is 0 Å². The van der Waals surface area contributed by atoms with E-state index in [9.17, 15) is 0 Å². The van der Waals surface area contributed by atoms with Gasteiger partial charge in [-0.25, -0.2) is 9.97 Å². The number of nitrogen functional groups attached to an aromatic ring is 1. The number of aromatic nitrogens is 4. The highest BCUT2D eigenvalue weighted by atomic mass is 14.8. The van der Waals surface area contributed by atoms with Gasteiger partial charge in [-0.1, -0.05) is 91.0 Å². The van der Waals surface area contributed by atoms with Crippen molar-refractivity contribution in [3.8, 4) is 44.5 Å². The van der Waals surface area contributed by atoms with E-state index in [1.807, 2.05) is 24.3 Å². The van der Waals surface area contributed by atoms with Crippen LogP contribution < -0.4 is 5.73 Å². The first kappa shape index (κ1) is 28.5. The molecule has 9 rings (SSSR count). The van der Waals surface area contributed by atoms with E-state index in [0.717, 1.165) is 95.0 Å². The van der Waals surface area contributed by atoms with Crippen LogP contribution in [0.15, 0.2) is 140 Å². The summed E-state index contributed by atoms with van der Waals surface area (Å²) in [6, 6.07) is 48.2.